The Kier molecular flexibility index (Phi) is 18.6. The summed E-state index contributed by atoms with van der Waals surface area (Å²) in [4.78, 5) is 29.2. The molecule has 0 aliphatic carbocycles. The van der Waals surface area contributed by atoms with Crippen LogP contribution in [0.5, 0.6) is 0 Å². The Morgan fingerprint density at radius 1 is 0.844 bits per heavy atom. The molecular formula is C23H47O8P. The molecule has 0 heterocycles. The van der Waals surface area contributed by atoms with Crippen molar-refractivity contribution < 1.29 is 38.1 Å². The zero-order valence-electron chi connectivity index (χ0n) is 20.7. The molecule has 0 aromatic heterocycles. The molecule has 9 heteroatoms. The van der Waals surface area contributed by atoms with E-state index in [1.165, 1.54) is 91.1 Å². The molecule has 2 N–H and O–H groups in total. The second-order valence-corrected chi connectivity index (χ2v) is 9.85. The van der Waals surface area contributed by atoms with Crippen LogP contribution >= 0.6 is 7.60 Å². The molecule has 0 aliphatic heterocycles. The monoisotopic (exact) mass is 482 g/mol. The van der Waals surface area contributed by atoms with Crippen molar-refractivity contribution >= 4 is 13.3 Å². The predicted molar refractivity (Wildman–Crippen MR) is 125 cm³/mol. The molecule has 0 fully saturated rings. The number of hydrogen-bond donors (Lipinski definition) is 2. The lowest BCUT2D eigenvalue weighted by Gasteiger charge is -2.31. The van der Waals surface area contributed by atoms with Crippen LogP contribution in [0.2, 0.25) is 0 Å². The number of carbonyl (C=O) groups is 1. The summed E-state index contributed by atoms with van der Waals surface area (Å²) in [5, 5.41) is 0. The number of ether oxygens (including phenoxy) is 4. The minimum absolute atomic E-state index is 0.463. The molecule has 0 radical (unpaired) electrons. The highest BCUT2D eigenvalue weighted by atomic mass is 31.2. The van der Waals surface area contributed by atoms with Crippen LogP contribution in [0.1, 0.15) is 117 Å². The summed E-state index contributed by atoms with van der Waals surface area (Å²) in [5.41, 5.74) is -1.70. The molecule has 0 amide bonds. The third kappa shape index (κ3) is 17.0. The summed E-state index contributed by atoms with van der Waals surface area (Å²) in [6, 6.07) is 0. The molecular weight excluding hydrogens is 435 g/mol. The molecule has 0 bridgehead atoms. The van der Waals surface area contributed by atoms with Crippen molar-refractivity contribution in [2.75, 3.05) is 13.7 Å². The first-order valence-electron chi connectivity index (χ1n) is 12.3. The largest absolute Gasteiger partial charge is 0.433 e. The van der Waals surface area contributed by atoms with Gasteiger partial charge in [-0.25, -0.2) is 9.36 Å². The van der Waals surface area contributed by atoms with Gasteiger partial charge in [-0.15, -0.1) is 0 Å². The van der Waals surface area contributed by atoms with Crippen LogP contribution in [-0.2, 0) is 23.5 Å². The van der Waals surface area contributed by atoms with E-state index in [0.29, 0.717) is 13.0 Å². The number of carbonyl (C=O) groups excluding carboxylic acids is 1. The molecule has 0 rings (SSSR count). The SMILES string of the molecule is CCCCCCCCCCCCCCCCOC(CC)OC(C)(OC)OC(=O)P(=O)(O)O. The highest BCUT2D eigenvalue weighted by molar-refractivity contribution is 7.69. The maximum Gasteiger partial charge on any atom is 0.433 e. The lowest BCUT2D eigenvalue weighted by atomic mass is 10.0. The van der Waals surface area contributed by atoms with Gasteiger partial charge >= 0.3 is 19.3 Å². The van der Waals surface area contributed by atoms with Crippen LogP contribution in [0, 0.1) is 0 Å². The van der Waals surface area contributed by atoms with E-state index in [9.17, 15) is 9.36 Å². The van der Waals surface area contributed by atoms with Crippen LogP contribution < -0.4 is 0 Å². The Morgan fingerprint density at radius 2 is 1.28 bits per heavy atom. The fourth-order valence-electron chi connectivity index (χ4n) is 3.32. The normalized spacial score (nSPS) is 14.8. The van der Waals surface area contributed by atoms with E-state index in [0.717, 1.165) is 12.8 Å². The molecule has 0 aliphatic rings. The van der Waals surface area contributed by atoms with Gasteiger partial charge in [-0.2, -0.15) is 0 Å². The second-order valence-electron chi connectivity index (χ2n) is 8.40. The first kappa shape index (κ1) is 31.5. The molecule has 8 nitrogen and oxygen atoms in total. The van der Waals surface area contributed by atoms with Crippen molar-refractivity contribution in [3.63, 3.8) is 0 Å². The molecule has 192 valence electrons. The Hall–Kier alpha value is -0.500. The Labute approximate surface area is 194 Å². The summed E-state index contributed by atoms with van der Waals surface area (Å²) in [6.07, 6.45) is 17.7. The minimum Gasteiger partial charge on any atom is -0.399 e. The smallest absolute Gasteiger partial charge is 0.399 e. The number of rotatable bonds is 22. The van der Waals surface area contributed by atoms with Gasteiger partial charge in [0.1, 0.15) is 0 Å². The van der Waals surface area contributed by atoms with Crippen molar-refractivity contribution in [2.24, 2.45) is 0 Å². The van der Waals surface area contributed by atoms with Crippen molar-refractivity contribution in [1.82, 2.24) is 0 Å². The molecule has 0 spiro atoms. The van der Waals surface area contributed by atoms with E-state index in [1.54, 1.807) is 0 Å². The standard InChI is InChI=1S/C23H47O8P/c1-5-7-8-9-10-11-12-13-14-15-16-17-18-19-20-29-21(6-2)30-23(3,28-4)31-22(24)32(25,26)27/h21H,5-20H2,1-4H3,(H2,25,26,27). The van der Waals surface area contributed by atoms with Gasteiger partial charge in [-0.05, 0) is 12.8 Å². The Bertz CT molecular complexity index is 510. The average Bonchev–Trinajstić information content (AvgIpc) is 2.74. The number of unbranched alkanes of at least 4 members (excludes halogenated alkanes) is 13. The summed E-state index contributed by atoms with van der Waals surface area (Å²) in [7, 11) is -3.82. The average molecular weight is 483 g/mol. The Morgan fingerprint density at radius 3 is 1.66 bits per heavy atom. The molecule has 32 heavy (non-hydrogen) atoms. The van der Waals surface area contributed by atoms with Crippen LogP contribution in [0.4, 0.5) is 4.79 Å². The fourth-order valence-corrected chi connectivity index (χ4v) is 3.60. The molecule has 2 atom stereocenters. The van der Waals surface area contributed by atoms with Gasteiger partial charge in [0.2, 0.25) is 0 Å². The van der Waals surface area contributed by atoms with Gasteiger partial charge in [0.25, 0.3) is 0 Å². The van der Waals surface area contributed by atoms with Gasteiger partial charge < -0.3 is 24.0 Å². The molecule has 0 saturated heterocycles. The molecule has 2 unspecified atom stereocenters. The van der Waals surface area contributed by atoms with Crippen molar-refractivity contribution in [2.45, 2.75) is 129 Å². The first-order valence-corrected chi connectivity index (χ1v) is 13.9. The van der Waals surface area contributed by atoms with Crippen molar-refractivity contribution in [3.8, 4) is 0 Å². The third-order valence-electron chi connectivity index (χ3n) is 5.36. The molecule has 0 saturated carbocycles. The van der Waals surface area contributed by atoms with E-state index in [1.807, 2.05) is 6.92 Å². The van der Waals surface area contributed by atoms with Crippen LogP contribution in [0.15, 0.2) is 0 Å². The van der Waals surface area contributed by atoms with Crippen LogP contribution in [-0.4, -0.2) is 41.5 Å². The zero-order chi connectivity index (χ0) is 24.3. The van der Waals surface area contributed by atoms with Gasteiger partial charge in [0.15, 0.2) is 6.29 Å². The first-order chi connectivity index (χ1) is 15.2. The summed E-state index contributed by atoms with van der Waals surface area (Å²) in [5.74, 6) is -1.94. The lowest BCUT2D eigenvalue weighted by Crippen LogP contribution is -2.40. The molecule has 0 aromatic rings. The maximum atomic E-state index is 11.4. The van der Waals surface area contributed by atoms with Gasteiger partial charge in [-0.1, -0.05) is 97.3 Å². The van der Waals surface area contributed by atoms with Gasteiger partial charge in [0, 0.05) is 20.6 Å². The van der Waals surface area contributed by atoms with E-state index in [-0.39, 0.29) is 0 Å². The highest BCUT2D eigenvalue weighted by Gasteiger charge is 2.39. The van der Waals surface area contributed by atoms with Crippen molar-refractivity contribution in [1.29, 1.82) is 0 Å². The third-order valence-corrected chi connectivity index (χ3v) is 5.93. The summed E-state index contributed by atoms with van der Waals surface area (Å²) < 4.78 is 31.8. The van der Waals surface area contributed by atoms with Crippen molar-refractivity contribution in [3.05, 3.63) is 0 Å². The fraction of sp³-hybridized carbons (Fsp3) is 0.957. The van der Waals surface area contributed by atoms with Gasteiger partial charge in [-0.3, -0.25) is 4.74 Å². The maximum absolute atomic E-state index is 11.4. The molecule has 0 aromatic carbocycles. The topological polar surface area (TPSA) is 112 Å². The predicted octanol–water partition coefficient (Wildman–Crippen LogP) is 6.87. The van der Waals surface area contributed by atoms with E-state index < -0.39 is 25.6 Å². The second kappa shape index (κ2) is 18.9. The summed E-state index contributed by atoms with van der Waals surface area (Å²) >= 11 is 0. The summed E-state index contributed by atoms with van der Waals surface area (Å²) in [6.45, 7) is 5.83. The highest BCUT2D eigenvalue weighted by Crippen LogP contribution is 2.39. The van der Waals surface area contributed by atoms with Crippen LogP contribution in [0.3, 0.4) is 0 Å². The van der Waals surface area contributed by atoms with E-state index in [4.69, 9.17) is 24.0 Å². The Balaban J connectivity index is 3.80. The minimum atomic E-state index is -5.03. The number of hydrogen-bond acceptors (Lipinski definition) is 6. The number of methoxy groups -OCH3 is 1. The lowest BCUT2D eigenvalue weighted by molar-refractivity contribution is -0.380. The van der Waals surface area contributed by atoms with Crippen LogP contribution in [0.25, 0.3) is 0 Å². The quantitative estimate of drug-likeness (QED) is 0.0976. The van der Waals surface area contributed by atoms with Gasteiger partial charge in [0.05, 0.1) is 0 Å². The van der Waals surface area contributed by atoms with E-state index >= 15 is 0 Å². The van der Waals surface area contributed by atoms with E-state index in [2.05, 4.69) is 11.7 Å². The zero-order valence-corrected chi connectivity index (χ0v) is 21.6.